The SMILES string of the molecule is CNCc1ccc(CS(=O)(=O)NCCCN(C)C)cc1. The third-order valence-corrected chi connectivity index (χ3v) is 4.22. The van der Waals surface area contributed by atoms with Gasteiger partial charge in [0.05, 0.1) is 5.75 Å². The predicted octanol–water partition coefficient (Wildman–Crippen LogP) is 0.777. The maximum absolute atomic E-state index is 11.9. The third-order valence-electron chi connectivity index (χ3n) is 2.86. The Bertz CT molecular complexity index is 484. The van der Waals surface area contributed by atoms with Gasteiger partial charge in [0.25, 0.3) is 0 Å². The quantitative estimate of drug-likeness (QED) is 0.662. The van der Waals surface area contributed by atoms with Crippen molar-refractivity contribution in [3.63, 3.8) is 0 Å². The standard InChI is InChI=1S/C14H25N3O2S/c1-15-11-13-5-7-14(8-6-13)12-20(18,19)16-9-4-10-17(2)3/h5-8,15-16H,4,9-12H2,1-3H3. The molecule has 1 rings (SSSR count). The average molecular weight is 299 g/mol. The van der Waals surface area contributed by atoms with E-state index in [1.165, 1.54) is 0 Å². The smallest absolute Gasteiger partial charge is 0.215 e. The van der Waals surface area contributed by atoms with E-state index in [1.54, 1.807) is 0 Å². The fourth-order valence-corrected chi connectivity index (χ4v) is 3.04. The van der Waals surface area contributed by atoms with Gasteiger partial charge in [0.15, 0.2) is 0 Å². The molecule has 0 atom stereocenters. The monoisotopic (exact) mass is 299 g/mol. The van der Waals surface area contributed by atoms with E-state index < -0.39 is 10.0 Å². The summed E-state index contributed by atoms with van der Waals surface area (Å²) < 4.78 is 26.5. The first-order valence-electron chi connectivity index (χ1n) is 6.77. The molecule has 0 aliphatic carbocycles. The van der Waals surface area contributed by atoms with E-state index in [4.69, 9.17) is 0 Å². The number of sulfonamides is 1. The number of hydrogen-bond acceptors (Lipinski definition) is 4. The van der Waals surface area contributed by atoms with Gasteiger partial charge in [0.2, 0.25) is 10.0 Å². The van der Waals surface area contributed by atoms with Crippen molar-refractivity contribution in [2.75, 3.05) is 34.2 Å². The summed E-state index contributed by atoms with van der Waals surface area (Å²) in [5.41, 5.74) is 1.96. The maximum Gasteiger partial charge on any atom is 0.215 e. The summed E-state index contributed by atoms with van der Waals surface area (Å²) in [6, 6.07) is 7.64. The Hall–Kier alpha value is -0.950. The lowest BCUT2D eigenvalue weighted by molar-refractivity contribution is 0.400. The number of nitrogens with one attached hydrogen (secondary N) is 2. The van der Waals surface area contributed by atoms with Gasteiger partial charge in [-0.15, -0.1) is 0 Å². The number of benzene rings is 1. The molecule has 0 saturated heterocycles. The highest BCUT2D eigenvalue weighted by Gasteiger charge is 2.10. The lowest BCUT2D eigenvalue weighted by Gasteiger charge is -2.10. The molecule has 0 heterocycles. The molecule has 0 unspecified atom stereocenters. The molecule has 20 heavy (non-hydrogen) atoms. The molecule has 0 bridgehead atoms. The zero-order valence-electron chi connectivity index (χ0n) is 12.5. The van der Waals surface area contributed by atoms with Crippen molar-refractivity contribution in [3.05, 3.63) is 35.4 Å². The largest absolute Gasteiger partial charge is 0.316 e. The number of rotatable bonds is 9. The van der Waals surface area contributed by atoms with Crippen LogP contribution in [0.2, 0.25) is 0 Å². The summed E-state index contributed by atoms with van der Waals surface area (Å²) in [7, 11) is 2.59. The molecule has 6 heteroatoms. The highest BCUT2D eigenvalue weighted by Crippen LogP contribution is 2.07. The van der Waals surface area contributed by atoms with Gasteiger partial charge in [-0.25, -0.2) is 13.1 Å². The predicted molar refractivity (Wildman–Crippen MR) is 83.0 cm³/mol. The van der Waals surface area contributed by atoms with E-state index in [-0.39, 0.29) is 5.75 Å². The van der Waals surface area contributed by atoms with Gasteiger partial charge in [-0.1, -0.05) is 24.3 Å². The number of nitrogens with zero attached hydrogens (tertiary/aromatic N) is 1. The molecule has 0 aliphatic rings. The number of hydrogen-bond donors (Lipinski definition) is 2. The summed E-state index contributed by atoms with van der Waals surface area (Å²) >= 11 is 0. The molecule has 0 radical (unpaired) electrons. The van der Waals surface area contributed by atoms with Gasteiger partial charge in [-0.3, -0.25) is 0 Å². The molecular formula is C14H25N3O2S. The molecule has 1 aromatic carbocycles. The van der Waals surface area contributed by atoms with Crippen LogP contribution in [0.15, 0.2) is 24.3 Å². The Morgan fingerprint density at radius 1 is 1.10 bits per heavy atom. The van der Waals surface area contributed by atoms with Gasteiger partial charge in [-0.05, 0) is 45.2 Å². The Morgan fingerprint density at radius 3 is 2.25 bits per heavy atom. The first-order chi connectivity index (χ1) is 9.43. The van der Waals surface area contributed by atoms with E-state index in [0.717, 1.165) is 30.6 Å². The Balaban J connectivity index is 2.45. The van der Waals surface area contributed by atoms with E-state index in [9.17, 15) is 8.42 Å². The minimum absolute atomic E-state index is 0.0365. The van der Waals surface area contributed by atoms with E-state index in [1.807, 2.05) is 50.3 Å². The van der Waals surface area contributed by atoms with E-state index in [0.29, 0.717) is 6.54 Å². The topological polar surface area (TPSA) is 61.4 Å². The first-order valence-corrected chi connectivity index (χ1v) is 8.42. The summed E-state index contributed by atoms with van der Waals surface area (Å²) in [5, 5.41) is 3.06. The second-order valence-electron chi connectivity index (χ2n) is 5.16. The second kappa shape index (κ2) is 8.36. The lowest BCUT2D eigenvalue weighted by atomic mass is 10.1. The van der Waals surface area contributed by atoms with Crippen LogP contribution in [-0.2, 0) is 22.3 Å². The van der Waals surface area contributed by atoms with Gasteiger partial charge >= 0.3 is 0 Å². The average Bonchev–Trinajstić information content (AvgIpc) is 2.37. The van der Waals surface area contributed by atoms with Gasteiger partial charge in [0.1, 0.15) is 0 Å². The van der Waals surface area contributed by atoms with Crippen LogP contribution >= 0.6 is 0 Å². The van der Waals surface area contributed by atoms with Crippen LogP contribution in [0.3, 0.4) is 0 Å². The van der Waals surface area contributed by atoms with Crippen molar-refractivity contribution >= 4 is 10.0 Å². The molecule has 0 aliphatic heterocycles. The molecule has 0 amide bonds. The summed E-state index contributed by atoms with van der Waals surface area (Å²) in [6.45, 7) is 2.15. The van der Waals surface area contributed by atoms with Gasteiger partial charge < -0.3 is 10.2 Å². The maximum atomic E-state index is 11.9. The molecule has 0 spiro atoms. The third kappa shape index (κ3) is 7.00. The minimum atomic E-state index is -3.24. The molecule has 0 saturated carbocycles. The molecule has 114 valence electrons. The van der Waals surface area contributed by atoms with Gasteiger partial charge in [-0.2, -0.15) is 0 Å². The molecule has 0 fully saturated rings. The van der Waals surface area contributed by atoms with Crippen molar-refractivity contribution in [2.24, 2.45) is 0 Å². The molecule has 0 aromatic heterocycles. The van der Waals surface area contributed by atoms with Crippen LogP contribution in [0, 0.1) is 0 Å². The van der Waals surface area contributed by atoms with Crippen LogP contribution < -0.4 is 10.0 Å². The summed E-state index contributed by atoms with van der Waals surface area (Å²) in [4.78, 5) is 2.04. The fraction of sp³-hybridized carbons (Fsp3) is 0.571. The van der Waals surface area contributed by atoms with Crippen LogP contribution in [-0.4, -0.2) is 47.6 Å². The molecule has 1 aromatic rings. The fourth-order valence-electron chi connectivity index (χ4n) is 1.85. The lowest BCUT2D eigenvalue weighted by Crippen LogP contribution is -2.28. The zero-order valence-corrected chi connectivity index (χ0v) is 13.3. The molecule has 5 nitrogen and oxygen atoms in total. The van der Waals surface area contributed by atoms with Crippen molar-refractivity contribution in [1.82, 2.24) is 14.9 Å². The Labute approximate surface area is 122 Å². The first kappa shape index (κ1) is 17.1. The zero-order chi connectivity index (χ0) is 15.0. The Kier molecular flexibility index (Phi) is 7.15. The van der Waals surface area contributed by atoms with E-state index in [2.05, 4.69) is 10.0 Å². The van der Waals surface area contributed by atoms with Crippen LogP contribution in [0.25, 0.3) is 0 Å². The normalized spacial score (nSPS) is 12.0. The van der Waals surface area contributed by atoms with Crippen molar-refractivity contribution in [2.45, 2.75) is 18.7 Å². The molecule has 2 N–H and O–H groups in total. The minimum Gasteiger partial charge on any atom is -0.316 e. The van der Waals surface area contributed by atoms with Crippen LogP contribution in [0.5, 0.6) is 0 Å². The molecular weight excluding hydrogens is 274 g/mol. The summed E-state index contributed by atoms with van der Waals surface area (Å²) in [5.74, 6) is 0.0365. The van der Waals surface area contributed by atoms with Crippen molar-refractivity contribution in [3.8, 4) is 0 Å². The summed E-state index contributed by atoms with van der Waals surface area (Å²) in [6.07, 6.45) is 0.813. The van der Waals surface area contributed by atoms with E-state index >= 15 is 0 Å². The highest BCUT2D eigenvalue weighted by molar-refractivity contribution is 7.88. The van der Waals surface area contributed by atoms with Crippen molar-refractivity contribution < 1.29 is 8.42 Å². The van der Waals surface area contributed by atoms with Crippen LogP contribution in [0.1, 0.15) is 17.5 Å². The highest BCUT2D eigenvalue weighted by atomic mass is 32.2. The second-order valence-corrected chi connectivity index (χ2v) is 6.96. The van der Waals surface area contributed by atoms with Crippen molar-refractivity contribution in [1.29, 1.82) is 0 Å². The van der Waals surface area contributed by atoms with Crippen LogP contribution in [0.4, 0.5) is 0 Å². The van der Waals surface area contributed by atoms with Gasteiger partial charge in [0, 0.05) is 13.1 Å². The Morgan fingerprint density at radius 2 is 1.70 bits per heavy atom.